The Balaban J connectivity index is 3.25. The monoisotopic (exact) mass is 252 g/mol. The smallest absolute Gasteiger partial charge is 0.345 e. The molecule has 0 aliphatic carbocycles. The maximum Gasteiger partial charge on any atom is 0.345 e. The second-order valence-electron chi connectivity index (χ2n) is 4.12. The van der Waals surface area contributed by atoms with Gasteiger partial charge in [-0.1, -0.05) is 0 Å². The van der Waals surface area contributed by atoms with E-state index in [9.17, 15) is 19.8 Å². The quantitative estimate of drug-likeness (QED) is 0.797. The van der Waals surface area contributed by atoms with Gasteiger partial charge in [0.05, 0.1) is 7.11 Å². The molecule has 0 saturated carbocycles. The lowest BCUT2D eigenvalue weighted by Gasteiger charge is -2.12. The van der Waals surface area contributed by atoms with Crippen LogP contribution in [0.3, 0.4) is 0 Å². The molecule has 0 aliphatic heterocycles. The highest BCUT2D eigenvalue weighted by atomic mass is 16.5. The van der Waals surface area contributed by atoms with Crippen LogP contribution in [0.2, 0.25) is 0 Å². The van der Waals surface area contributed by atoms with E-state index in [1.807, 2.05) is 0 Å². The molecule has 0 heterocycles. The number of ketones is 1. The van der Waals surface area contributed by atoms with E-state index in [0.717, 1.165) is 0 Å². The summed E-state index contributed by atoms with van der Waals surface area (Å²) in [6.45, 7) is 3.06. The summed E-state index contributed by atoms with van der Waals surface area (Å²) in [5, 5.41) is 19.7. The zero-order valence-electron chi connectivity index (χ0n) is 10.6. The van der Waals surface area contributed by atoms with Crippen LogP contribution in [0.5, 0.6) is 11.5 Å². The molecule has 98 valence electrons. The largest absolute Gasteiger partial charge is 0.507 e. The van der Waals surface area contributed by atoms with Crippen LogP contribution in [-0.4, -0.2) is 29.1 Å². The Morgan fingerprint density at radius 2 is 1.89 bits per heavy atom. The zero-order chi connectivity index (χ0) is 13.9. The van der Waals surface area contributed by atoms with Gasteiger partial charge in [-0.3, -0.25) is 0 Å². The van der Waals surface area contributed by atoms with Crippen LogP contribution in [0.15, 0.2) is 6.07 Å². The molecule has 0 spiro atoms. The number of ether oxygens (including phenoxy) is 1. The van der Waals surface area contributed by atoms with E-state index >= 15 is 0 Å². The van der Waals surface area contributed by atoms with Gasteiger partial charge in [0, 0.05) is 6.42 Å². The number of hydrogen-bond acceptors (Lipinski definition) is 5. The van der Waals surface area contributed by atoms with Crippen molar-refractivity contribution in [1.29, 1.82) is 0 Å². The lowest BCUT2D eigenvalue weighted by atomic mass is 9.99. The fourth-order valence-corrected chi connectivity index (χ4v) is 1.66. The number of aromatic hydroxyl groups is 2. The van der Waals surface area contributed by atoms with Crippen molar-refractivity contribution < 1.29 is 24.5 Å². The minimum atomic E-state index is -0.808. The van der Waals surface area contributed by atoms with E-state index in [-0.39, 0.29) is 29.3 Å². The maximum absolute atomic E-state index is 11.5. The predicted molar refractivity (Wildman–Crippen MR) is 64.9 cm³/mol. The highest BCUT2D eigenvalue weighted by molar-refractivity contribution is 5.96. The Labute approximate surface area is 105 Å². The van der Waals surface area contributed by atoms with Crippen molar-refractivity contribution in [2.45, 2.75) is 26.7 Å². The van der Waals surface area contributed by atoms with E-state index in [0.29, 0.717) is 17.5 Å². The molecule has 5 nitrogen and oxygen atoms in total. The second kappa shape index (κ2) is 5.53. The SMILES string of the molecule is COC(=O)c1c(O)c(C)cc(CCC(C)=O)c1O. The Morgan fingerprint density at radius 3 is 2.39 bits per heavy atom. The van der Waals surface area contributed by atoms with Gasteiger partial charge in [-0.15, -0.1) is 0 Å². The van der Waals surface area contributed by atoms with Crippen LogP contribution in [-0.2, 0) is 16.0 Å². The summed E-state index contributed by atoms with van der Waals surface area (Å²) in [6.07, 6.45) is 0.574. The molecule has 0 saturated heterocycles. The van der Waals surface area contributed by atoms with Gasteiger partial charge < -0.3 is 19.7 Å². The fraction of sp³-hybridized carbons (Fsp3) is 0.385. The van der Waals surface area contributed by atoms with E-state index in [1.165, 1.54) is 14.0 Å². The molecule has 1 rings (SSSR count). The van der Waals surface area contributed by atoms with Gasteiger partial charge >= 0.3 is 5.97 Å². The molecule has 0 amide bonds. The molecule has 0 unspecified atom stereocenters. The first-order chi connectivity index (χ1) is 8.38. The molecule has 1 aromatic rings. The maximum atomic E-state index is 11.5. The second-order valence-corrected chi connectivity index (χ2v) is 4.12. The van der Waals surface area contributed by atoms with Gasteiger partial charge in [-0.05, 0) is 37.5 Å². The number of esters is 1. The number of phenolic OH excluding ortho intramolecular Hbond substituents is 2. The highest BCUT2D eigenvalue weighted by Gasteiger charge is 2.22. The zero-order valence-corrected chi connectivity index (χ0v) is 10.6. The Kier molecular flexibility index (Phi) is 4.31. The van der Waals surface area contributed by atoms with E-state index in [2.05, 4.69) is 4.74 Å². The fourth-order valence-electron chi connectivity index (χ4n) is 1.66. The molecule has 0 atom stereocenters. The summed E-state index contributed by atoms with van der Waals surface area (Å²) >= 11 is 0. The first-order valence-electron chi connectivity index (χ1n) is 5.50. The molecule has 0 aliphatic rings. The van der Waals surface area contributed by atoms with Gasteiger partial charge in [0.2, 0.25) is 0 Å². The first-order valence-corrected chi connectivity index (χ1v) is 5.50. The third kappa shape index (κ3) is 2.80. The van der Waals surface area contributed by atoms with Crippen LogP contribution in [0.25, 0.3) is 0 Å². The van der Waals surface area contributed by atoms with Gasteiger partial charge in [0.1, 0.15) is 22.8 Å². The number of carbonyl (C=O) groups excluding carboxylic acids is 2. The summed E-state index contributed by atoms with van der Waals surface area (Å²) in [5.41, 5.74) is 0.642. The van der Waals surface area contributed by atoms with Gasteiger partial charge in [0.15, 0.2) is 0 Å². The third-order valence-corrected chi connectivity index (χ3v) is 2.68. The van der Waals surface area contributed by atoms with Gasteiger partial charge in [-0.25, -0.2) is 4.79 Å². The normalized spacial score (nSPS) is 10.2. The molecule has 5 heteroatoms. The lowest BCUT2D eigenvalue weighted by molar-refractivity contribution is -0.116. The van der Waals surface area contributed by atoms with Crippen LogP contribution in [0, 0.1) is 6.92 Å². The number of rotatable bonds is 4. The third-order valence-electron chi connectivity index (χ3n) is 2.68. The van der Waals surface area contributed by atoms with Crippen molar-refractivity contribution in [3.05, 3.63) is 22.8 Å². The molecule has 1 aromatic carbocycles. The number of aryl methyl sites for hydroxylation is 2. The summed E-state index contributed by atoms with van der Waals surface area (Å²) in [4.78, 5) is 22.4. The van der Waals surface area contributed by atoms with Crippen molar-refractivity contribution >= 4 is 11.8 Å². The predicted octanol–water partition coefficient (Wildman–Crippen LogP) is 1.71. The van der Waals surface area contributed by atoms with Crippen LogP contribution in [0.4, 0.5) is 0 Å². The average Bonchev–Trinajstić information content (AvgIpc) is 2.31. The van der Waals surface area contributed by atoms with Crippen molar-refractivity contribution in [2.75, 3.05) is 7.11 Å². The Bertz CT molecular complexity index is 491. The van der Waals surface area contributed by atoms with E-state index < -0.39 is 5.97 Å². The minimum absolute atomic E-state index is 0.0141. The van der Waals surface area contributed by atoms with Gasteiger partial charge in [-0.2, -0.15) is 0 Å². The number of phenols is 2. The number of Topliss-reactive ketones (excluding diaryl/α,β-unsaturated/α-hetero) is 1. The highest BCUT2D eigenvalue weighted by Crippen LogP contribution is 2.35. The van der Waals surface area contributed by atoms with Crippen molar-refractivity contribution in [3.63, 3.8) is 0 Å². The van der Waals surface area contributed by atoms with Crippen molar-refractivity contribution in [3.8, 4) is 11.5 Å². The molecule has 18 heavy (non-hydrogen) atoms. The van der Waals surface area contributed by atoms with E-state index in [1.54, 1.807) is 13.0 Å². The lowest BCUT2D eigenvalue weighted by Crippen LogP contribution is -2.05. The van der Waals surface area contributed by atoms with Crippen LogP contribution < -0.4 is 0 Å². The van der Waals surface area contributed by atoms with Crippen molar-refractivity contribution in [2.24, 2.45) is 0 Å². The molecule has 0 radical (unpaired) electrons. The molecule has 0 fully saturated rings. The molecular formula is C13H16O5. The molecule has 0 aromatic heterocycles. The molecule has 2 N–H and O–H groups in total. The van der Waals surface area contributed by atoms with Crippen LogP contribution in [0.1, 0.15) is 34.8 Å². The van der Waals surface area contributed by atoms with Crippen molar-refractivity contribution in [1.82, 2.24) is 0 Å². The Hall–Kier alpha value is -2.04. The summed E-state index contributed by atoms with van der Waals surface area (Å²) < 4.78 is 4.51. The van der Waals surface area contributed by atoms with E-state index in [4.69, 9.17) is 0 Å². The number of carbonyl (C=O) groups is 2. The number of methoxy groups -OCH3 is 1. The number of hydrogen-bond donors (Lipinski definition) is 2. The summed E-state index contributed by atoms with van der Waals surface area (Å²) in [6, 6.07) is 1.56. The van der Waals surface area contributed by atoms with Gasteiger partial charge in [0.25, 0.3) is 0 Å². The summed E-state index contributed by atoms with van der Waals surface area (Å²) in [7, 11) is 1.17. The molecular weight excluding hydrogens is 236 g/mol. The average molecular weight is 252 g/mol. The standard InChI is InChI=1S/C13H16O5/c1-7-6-9(5-4-8(2)14)12(16)10(11(7)15)13(17)18-3/h6,15-16H,4-5H2,1-3H3. The molecule has 0 bridgehead atoms. The minimum Gasteiger partial charge on any atom is -0.507 e. The van der Waals surface area contributed by atoms with Crippen LogP contribution >= 0.6 is 0 Å². The summed E-state index contributed by atoms with van der Waals surface area (Å²) in [5.74, 6) is -1.45. The number of benzene rings is 1. The topological polar surface area (TPSA) is 83.8 Å². The first kappa shape index (κ1) is 14.0. The Morgan fingerprint density at radius 1 is 1.28 bits per heavy atom.